The maximum atomic E-state index is 12.0. The highest BCUT2D eigenvalue weighted by Crippen LogP contribution is 2.30. The van der Waals surface area contributed by atoms with E-state index < -0.39 is 0 Å². The molecule has 2 aromatic rings. The molecule has 4 heteroatoms. The number of ketones is 1. The topological polar surface area (TPSA) is 59.3 Å². The minimum Gasteiger partial charge on any atom is -0.445 e. The number of carbonyl (C=O) groups is 2. The Morgan fingerprint density at radius 3 is 2.75 bits per heavy atom. The van der Waals surface area contributed by atoms with E-state index in [-0.39, 0.29) is 11.7 Å². The monoisotopic (exact) mass is 269 g/mol. The van der Waals surface area contributed by atoms with Crippen molar-refractivity contribution < 1.29 is 14.0 Å². The second-order valence-corrected chi connectivity index (χ2v) is 5.20. The van der Waals surface area contributed by atoms with Crippen LogP contribution >= 0.6 is 0 Å². The Morgan fingerprint density at radius 1 is 1.25 bits per heavy atom. The van der Waals surface area contributed by atoms with Gasteiger partial charge in [0, 0.05) is 24.5 Å². The number of hydrogen-bond donors (Lipinski definition) is 1. The van der Waals surface area contributed by atoms with Crippen LogP contribution in [0.5, 0.6) is 0 Å². The van der Waals surface area contributed by atoms with Crippen LogP contribution in [0.1, 0.15) is 39.8 Å². The molecule has 1 N–H and O–H groups in total. The van der Waals surface area contributed by atoms with Gasteiger partial charge < -0.3 is 4.42 Å². The highest BCUT2D eigenvalue weighted by Gasteiger charge is 2.26. The first-order valence-electron chi connectivity index (χ1n) is 6.66. The van der Waals surface area contributed by atoms with Crippen molar-refractivity contribution in [1.29, 1.82) is 0 Å². The van der Waals surface area contributed by atoms with Crippen LogP contribution in [0.25, 0.3) is 0 Å². The molecule has 1 unspecified atom stereocenters. The van der Waals surface area contributed by atoms with E-state index in [9.17, 15) is 9.59 Å². The Morgan fingerprint density at radius 2 is 2.00 bits per heavy atom. The minimum atomic E-state index is -0.239. The number of rotatable bonds is 2. The van der Waals surface area contributed by atoms with E-state index >= 15 is 0 Å². The number of carbonyl (C=O) groups excluding carboxylic acids is 2. The van der Waals surface area contributed by atoms with Crippen molar-refractivity contribution in [2.45, 2.75) is 19.8 Å². The first kappa shape index (κ1) is 12.7. The molecular weight excluding hydrogens is 254 g/mol. The molecule has 1 aliphatic carbocycles. The first-order valence-corrected chi connectivity index (χ1v) is 6.66. The molecule has 0 saturated carbocycles. The molecule has 0 saturated heterocycles. The number of Topliss-reactive ketones (excluding diaryl/α,β-unsaturated/α-hetero) is 1. The van der Waals surface area contributed by atoms with E-state index in [0.29, 0.717) is 35.1 Å². The van der Waals surface area contributed by atoms with Crippen molar-refractivity contribution in [3.05, 3.63) is 53.3 Å². The molecule has 0 radical (unpaired) electrons. The summed E-state index contributed by atoms with van der Waals surface area (Å²) in [5.41, 5.74) is 1.16. The molecule has 102 valence electrons. The van der Waals surface area contributed by atoms with Gasteiger partial charge >= 0.3 is 0 Å². The van der Waals surface area contributed by atoms with Gasteiger partial charge in [-0.05, 0) is 18.1 Å². The van der Waals surface area contributed by atoms with E-state index in [2.05, 4.69) is 5.32 Å². The van der Waals surface area contributed by atoms with E-state index in [1.165, 1.54) is 0 Å². The molecule has 1 atom stereocenters. The van der Waals surface area contributed by atoms with Gasteiger partial charge in [-0.2, -0.15) is 0 Å². The quantitative estimate of drug-likeness (QED) is 0.910. The lowest BCUT2D eigenvalue weighted by Gasteiger charge is -2.14. The summed E-state index contributed by atoms with van der Waals surface area (Å²) in [5.74, 6) is 1.15. The molecular formula is C16H15NO3. The highest BCUT2D eigenvalue weighted by atomic mass is 16.4. The van der Waals surface area contributed by atoms with Gasteiger partial charge in [0.2, 0.25) is 5.88 Å². The number of anilines is 1. The molecule has 0 fully saturated rings. The summed E-state index contributed by atoms with van der Waals surface area (Å²) in [4.78, 5) is 23.9. The van der Waals surface area contributed by atoms with Crippen molar-refractivity contribution in [1.82, 2.24) is 0 Å². The maximum absolute atomic E-state index is 12.0. The van der Waals surface area contributed by atoms with Crippen molar-refractivity contribution in [3.8, 4) is 0 Å². The third-order valence-corrected chi connectivity index (χ3v) is 3.45. The molecule has 4 nitrogen and oxygen atoms in total. The standard InChI is InChI=1S/C16H15NO3/c1-10-7-13(18)12-9-15(20-14(12)8-10)17-16(19)11-5-3-2-4-6-11/h2-6,9-10H,7-8H2,1H3,(H,17,19). The number of nitrogens with one attached hydrogen (secondary N) is 1. The van der Waals surface area contributed by atoms with Gasteiger partial charge in [0.1, 0.15) is 5.76 Å². The van der Waals surface area contributed by atoms with Crippen molar-refractivity contribution in [2.75, 3.05) is 5.32 Å². The molecule has 1 aromatic heterocycles. The average molecular weight is 269 g/mol. The number of hydrogen-bond acceptors (Lipinski definition) is 3. The van der Waals surface area contributed by atoms with E-state index in [1.54, 1.807) is 30.3 Å². The van der Waals surface area contributed by atoms with E-state index in [4.69, 9.17) is 4.42 Å². The van der Waals surface area contributed by atoms with E-state index in [1.807, 2.05) is 13.0 Å². The fourth-order valence-corrected chi connectivity index (χ4v) is 2.47. The Hall–Kier alpha value is -2.36. The van der Waals surface area contributed by atoms with Crippen molar-refractivity contribution in [3.63, 3.8) is 0 Å². The molecule has 0 aliphatic heterocycles. The summed E-state index contributed by atoms with van der Waals surface area (Å²) in [6.45, 7) is 2.02. The maximum Gasteiger partial charge on any atom is 0.257 e. The van der Waals surface area contributed by atoms with Crippen LogP contribution in [0, 0.1) is 5.92 Å². The van der Waals surface area contributed by atoms with Gasteiger partial charge in [-0.3, -0.25) is 14.9 Å². The summed E-state index contributed by atoms with van der Waals surface area (Å²) in [7, 11) is 0. The largest absolute Gasteiger partial charge is 0.445 e. The second-order valence-electron chi connectivity index (χ2n) is 5.20. The zero-order valence-electron chi connectivity index (χ0n) is 11.2. The molecule has 20 heavy (non-hydrogen) atoms. The number of benzene rings is 1. The fraction of sp³-hybridized carbons (Fsp3) is 0.250. The van der Waals surface area contributed by atoms with Gasteiger partial charge in [0.25, 0.3) is 5.91 Å². The SMILES string of the molecule is CC1CC(=O)c2cc(NC(=O)c3ccccc3)oc2C1. The lowest BCUT2D eigenvalue weighted by molar-refractivity contribution is 0.0948. The summed E-state index contributed by atoms with van der Waals surface area (Å²) in [6.07, 6.45) is 1.28. The summed E-state index contributed by atoms with van der Waals surface area (Å²) in [6, 6.07) is 10.5. The van der Waals surface area contributed by atoms with Crippen molar-refractivity contribution in [2.24, 2.45) is 5.92 Å². The Balaban J connectivity index is 1.81. The predicted molar refractivity (Wildman–Crippen MR) is 74.9 cm³/mol. The normalized spacial score (nSPS) is 17.6. The summed E-state index contributed by atoms with van der Waals surface area (Å²) >= 11 is 0. The number of furan rings is 1. The fourth-order valence-electron chi connectivity index (χ4n) is 2.47. The third kappa shape index (κ3) is 2.37. The number of amides is 1. The average Bonchev–Trinajstić information content (AvgIpc) is 2.82. The molecule has 0 bridgehead atoms. The van der Waals surface area contributed by atoms with E-state index in [0.717, 1.165) is 6.42 Å². The Kier molecular flexibility index (Phi) is 3.14. The van der Waals surface area contributed by atoms with Crippen LogP contribution in [0.3, 0.4) is 0 Å². The third-order valence-electron chi connectivity index (χ3n) is 3.45. The number of fused-ring (bicyclic) bond motifs is 1. The zero-order chi connectivity index (χ0) is 14.1. The summed E-state index contributed by atoms with van der Waals surface area (Å²) in [5, 5.41) is 2.69. The molecule has 3 rings (SSSR count). The zero-order valence-corrected chi connectivity index (χ0v) is 11.2. The molecule has 1 heterocycles. The first-order chi connectivity index (χ1) is 9.63. The van der Waals surface area contributed by atoms with Crippen molar-refractivity contribution >= 4 is 17.6 Å². The lowest BCUT2D eigenvalue weighted by atomic mass is 9.89. The molecule has 1 amide bonds. The Labute approximate surface area is 116 Å². The van der Waals surface area contributed by atoms with Crippen LogP contribution in [0.2, 0.25) is 0 Å². The Bertz CT molecular complexity index is 658. The van der Waals surface area contributed by atoms with Gasteiger partial charge in [-0.1, -0.05) is 25.1 Å². The van der Waals surface area contributed by atoms with Crippen LogP contribution in [-0.2, 0) is 6.42 Å². The minimum absolute atomic E-state index is 0.0858. The van der Waals surface area contributed by atoms with Crippen LogP contribution in [-0.4, -0.2) is 11.7 Å². The highest BCUT2D eigenvalue weighted by molar-refractivity contribution is 6.05. The smallest absolute Gasteiger partial charge is 0.257 e. The predicted octanol–water partition coefficient (Wildman–Crippen LogP) is 3.30. The molecule has 0 spiro atoms. The van der Waals surface area contributed by atoms with Gasteiger partial charge in [-0.25, -0.2) is 0 Å². The van der Waals surface area contributed by atoms with Gasteiger partial charge in [0.15, 0.2) is 5.78 Å². The van der Waals surface area contributed by atoms with Crippen LogP contribution in [0.15, 0.2) is 40.8 Å². The second kappa shape index (κ2) is 4.96. The van der Waals surface area contributed by atoms with Gasteiger partial charge in [-0.15, -0.1) is 0 Å². The van der Waals surface area contributed by atoms with Crippen LogP contribution in [0.4, 0.5) is 5.88 Å². The van der Waals surface area contributed by atoms with Gasteiger partial charge in [0.05, 0.1) is 5.56 Å². The molecule has 1 aromatic carbocycles. The molecule has 1 aliphatic rings. The van der Waals surface area contributed by atoms with Crippen LogP contribution < -0.4 is 5.32 Å². The lowest BCUT2D eigenvalue weighted by Crippen LogP contribution is -2.15. The summed E-state index contributed by atoms with van der Waals surface area (Å²) < 4.78 is 5.59.